The molecule has 1 aliphatic heterocycles. The Hall–Kier alpha value is -2.03. The Morgan fingerprint density at radius 1 is 1.65 bits per heavy atom. The smallest absolute Gasteiger partial charge is 0.311 e. The fraction of sp³-hybridized carbons (Fsp3) is 0.455. The quantitative estimate of drug-likeness (QED) is 0.622. The zero-order valence-electron chi connectivity index (χ0n) is 10.6. The molecule has 9 heteroatoms. The summed E-state index contributed by atoms with van der Waals surface area (Å²) in [6, 6.07) is 2.64. The van der Waals surface area contributed by atoms with Crippen molar-refractivity contribution in [3.05, 3.63) is 22.2 Å². The summed E-state index contributed by atoms with van der Waals surface area (Å²) < 4.78 is 0. The van der Waals surface area contributed by atoms with E-state index in [-0.39, 0.29) is 24.0 Å². The van der Waals surface area contributed by atoms with Gasteiger partial charge < -0.3 is 15.7 Å². The van der Waals surface area contributed by atoms with Crippen LogP contribution in [-0.4, -0.2) is 45.1 Å². The van der Waals surface area contributed by atoms with Crippen molar-refractivity contribution >= 4 is 35.1 Å². The number of nitrogens with two attached hydrogens (primary N) is 1. The van der Waals surface area contributed by atoms with E-state index in [0.29, 0.717) is 18.1 Å². The van der Waals surface area contributed by atoms with Crippen molar-refractivity contribution < 1.29 is 14.8 Å². The number of aromatic nitrogens is 1. The molecule has 108 valence electrons. The summed E-state index contributed by atoms with van der Waals surface area (Å²) in [4.78, 5) is 26.9. The second-order valence-electron chi connectivity index (χ2n) is 4.35. The molecule has 1 atom stereocenters. The average molecular weight is 298 g/mol. The van der Waals surface area contributed by atoms with Gasteiger partial charge in [0.15, 0.2) is 0 Å². The molecule has 1 fully saturated rings. The second kappa shape index (κ2) is 5.95. The molecular weight excluding hydrogens is 284 g/mol. The summed E-state index contributed by atoms with van der Waals surface area (Å²) >= 11 is 1.68. The highest BCUT2D eigenvalue weighted by atomic mass is 32.2. The van der Waals surface area contributed by atoms with Gasteiger partial charge in [0, 0.05) is 30.2 Å². The number of aliphatic carboxylic acids is 1. The van der Waals surface area contributed by atoms with Crippen LogP contribution in [0.25, 0.3) is 0 Å². The molecule has 2 heterocycles. The molecule has 2 rings (SSSR count). The minimum Gasteiger partial charge on any atom is -0.481 e. The maximum absolute atomic E-state index is 10.9. The fourth-order valence-electron chi connectivity index (χ4n) is 2.10. The van der Waals surface area contributed by atoms with Crippen molar-refractivity contribution in [1.82, 2.24) is 4.98 Å². The molecule has 1 unspecified atom stereocenters. The monoisotopic (exact) mass is 298 g/mol. The molecule has 1 aliphatic rings. The van der Waals surface area contributed by atoms with E-state index in [0.717, 1.165) is 5.75 Å². The first-order valence-electron chi connectivity index (χ1n) is 5.96. The third-order valence-corrected chi connectivity index (χ3v) is 4.11. The van der Waals surface area contributed by atoms with Crippen LogP contribution in [-0.2, 0) is 4.79 Å². The standard InChI is InChI=1S/C11H14N4O4S/c12-11-8(15(18)19)1-2-9(13-11)14-3-4-20-6-7(14)5-10(16)17/h1-2,7H,3-6H2,(H2,12,13)(H,16,17). The van der Waals surface area contributed by atoms with Crippen LogP contribution in [0.5, 0.6) is 0 Å². The van der Waals surface area contributed by atoms with Crippen LogP contribution in [0, 0.1) is 10.1 Å². The Morgan fingerprint density at radius 2 is 2.40 bits per heavy atom. The lowest BCUT2D eigenvalue weighted by Gasteiger charge is -2.35. The molecule has 1 aromatic rings. The molecule has 0 saturated carbocycles. The molecule has 20 heavy (non-hydrogen) atoms. The fourth-order valence-corrected chi connectivity index (χ4v) is 3.16. The number of carbonyl (C=O) groups is 1. The second-order valence-corrected chi connectivity index (χ2v) is 5.50. The van der Waals surface area contributed by atoms with E-state index in [4.69, 9.17) is 10.8 Å². The molecule has 0 spiro atoms. The predicted molar refractivity (Wildman–Crippen MR) is 76.0 cm³/mol. The highest BCUT2D eigenvalue weighted by Gasteiger charge is 2.27. The number of nitrogens with zero attached hydrogens (tertiary/aromatic N) is 3. The van der Waals surface area contributed by atoms with Gasteiger partial charge in [-0.3, -0.25) is 14.9 Å². The van der Waals surface area contributed by atoms with Crippen molar-refractivity contribution in [3.8, 4) is 0 Å². The maximum atomic E-state index is 10.9. The largest absolute Gasteiger partial charge is 0.481 e. The first kappa shape index (κ1) is 14.4. The molecule has 1 saturated heterocycles. The van der Waals surface area contributed by atoms with Crippen molar-refractivity contribution in [2.45, 2.75) is 12.5 Å². The number of thioether (sulfide) groups is 1. The topological polar surface area (TPSA) is 123 Å². The summed E-state index contributed by atoms with van der Waals surface area (Å²) in [6.45, 7) is 0.646. The molecular formula is C11H14N4O4S. The van der Waals surface area contributed by atoms with Gasteiger partial charge in [-0.05, 0) is 6.07 Å². The third-order valence-electron chi connectivity index (χ3n) is 3.02. The highest BCUT2D eigenvalue weighted by molar-refractivity contribution is 7.99. The molecule has 3 N–H and O–H groups in total. The van der Waals surface area contributed by atoms with Crippen molar-refractivity contribution in [2.24, 2.45) is 0 Å². The van der Waals surface area contributed by atoms with Gasteiger partial charge in [0.25, 0.3) is 0 Å². The van der Waals surface area contributed by atoms with Gasteiger partial charge in [-0.25, -0.2) is 4.98 Å². The lowest BCUT2D eigenvalue weighted by atomic mass is 10.2. The summed E-state index contributed by atoms with van der Waals surface area (Å²) in [5, 5.41) is 19.6. The SMILES string of the molecule is Nc1nc(N2CCSCC2CC(=O)O)ccc1[N+](=O)[O-]. The number of pyridine rings is 1. The van der Waals surface area contributed by atoms with E-state index < -0.39 is 10.9 Å². The molecule has 0 aliphatic carbocycles. The van der Waals surface area contributed by atoms with Crippen molar-refractivity contribution in [1.29, 1.82) is 0 Å². The number of hydrogen-bond donors (Lipinski definition) is 2. The van der Waals surface area contributed by atoms with Crippen LogP contribution in [0.4, 0.5) is 17.3 Å². The third kappa shape index (κ3) is 3.10. The van der Waals surface area contributed by atoms with Gasteiger partial charge in [-0.1, -0.05) is 0 Å². The summed E-state index contributed by atoms with van der Waals surface area (Å²) in [5.41, 5.74) is 5.33. The lowest BCUT2D eigenvalue weighted by molar-refractivity contribution is -0.384. The number of nitrogen functional groups attached to an aromatic ring is 1. The van der Waals surface area contributed by atoms with Gasteiger partial charge in [0.1, 0.15) is 5.82 Å². The molecule has 0 aromatic carbocycles. The minimum absolute atomic E-state index is 0.00553. The summed E-state index contributed by atoms with van der Waals surface area (Å²) in [5.74, 6) is 0.997. The summed E-state index contributed by atoms with van der Waals surface area (Å²) in [7, 11) is 0. The number of rotatable bonds is 4. The van der Waals surface area contributed by atoms with Crippen LogP contribution in [0.15, 0.2) is 12.1 Å². The predicted octanol–water partition coefficient (Wildman–Crippen LogP) is 0.968. The van der Waals surface area contributed by atoms with Gasteiger partial charge in [0.05, 0.1) is 11.3 Å². The maximum Gasteiger partial charge on any atom is 0.311 e. The van der Waals surface area contributed by atoms with E-state index in [2.05, 4.69) is 4.98 Å². The number of carboxylic acid groups (broad SMARTS) is 1. The Balaban J connectivity index is 2.26. The van der Waals surface area contributed by atoms with Gasteiger partial charge in [-0.15, -0.1) is 0 Å². The van der Waals surface area contributed by atoms with Gasteiger partial charge in [-0.2, -0.15) is 11.8 Å². The normalized spacial score (nSPS) is 18.8. The summed E-state index contributed by atoms with van der Waals surface area (Å²) in [6.07, 6.45) is 0.00553. The van der Waals surface area contributed by atoms with Gasteiger partial charge >= 0.3 is 11.7 Å². The van der Waals surface area contributed by atoms with Crippen LogP contribution in [0.2, 0.25) is 0 Å². The van der Waals surface area contributed by atoms with E-state index in [1.165, 1.54) is 12.1 Å². The van der Waals surface area contributed by atoms with Crippen LogP contribution >= 0.6 is 11.8 Å². The minimum atomic E-state index is -0.877. The first-order valence-corrected chi connectivity index (χ1v) is 7.11. The first-order chi connectivity index (χ1) is 9.49. The van der Waals surface area contributed by atoms with Crippen LogP contribution in [0.3, 0.4) is 0 Å². The number of nitro groups is 1. The molecule has 0 bridgehead atoms. The van der Waals surface area contributed by atoms with E-state index in [9.17, 15) is 14.9 Å². The number of hydrogen-bond acceptors (Lipinski definition) is 7. The zero-order chi connectivity index (χ0) is 14.7. The number of carboxylic acids is 1. The van der Waals surface area contributed by atoms with Gasteiger partial charge in [0.2, 0.25) is 5.82 Å². The van der Waals surface area contributed by atoms with E-state index in [1.807, 2.05) is 4.90 Å². The average Bonchev–Trinajstić information content (AvgIpc) is 2.38. The molecule has 0 amide bonds. The zero-order valence-corrected chi connectivity index (χ0v) is 11.4. The molecule has 1 aromatic heterocycles. The Bertz CT molecular complexity index is 539. The van der Waals surface area contributed by atoms with Crippen LogP contribution in [0.1, 0.15) is 6.42 Å². The Morgan fingerprint density at radius 3 is 3.00 bits per heavy atom. The highest BCUT2D eigenvalue weighted by Crippen LogP contribution is 2.28. The number of anilines is 2. The molecule has 0 radical (unpaired) electrons. The van der Waals surface area contributed by atoms with E-state index in [1.54, 1.807) is 11.8 Å². The Kier molecular flexibility index (Phi) is 4.28. The lowest BCUT2D eigenvalue weighted by Crippen LogP contribution is -2.44. The van der Waals surface area contributed by atoms with Crippen molar-refractivity contribution in [2.75, 3.05) is 28.7 Å². The van der Waals surface area contributed by atoms with Crippen LogP contribution < -0.4 is 10.6 Å². The van der Waals surface area contributed by atoms with Crippen molar-refractivity contribution in [3.63, 3.8) is 0 Å². The van der Waals surface area contributed by atoms with E-state index >= 15 is 0 Å². The molecule has 8 nitrogen and oxygen atoms in total. The Labute approximate surface area is 119 Å².